The van der Waals surface area contributed by atoms with Gasteiger partial charge in [-0.3, -0.25) is 0 Å². The monoisotopic (exact) mass is 327 g/mol. The molecule has 4 rings (SSSR count). The maximum Gasteiger partial charge on any atom is 0.125 e. The number of ether oxygens (including phenoxy) is 2. The average Bonchev–Trinajstić information content (AvgIpc) is 3.21. The summed E-state index contributed by atoms with van der Waals surface area (Å²) in [6.45, 7) is 2.86. The average molecular weight is 327 g/mol. The number of hydrogen-bond acceptors (Lipinski definition) is 4. The van der Waals surface area contributed by atoms with Gasteiger partial charge in [-0.05, 0) is 37.8 Å². The highest BCUT2D eigenvalue weighted by Crippen LogP contribution is 2.41. The van der Waals surface area contributed by atoms with Crippen LogP contribution in [-0.2, 0) is 20.0 Å². The fourth-order valence-corrected chi connectivity index (χ4v) is 3.60. The summed E-state index contributed by atoms with van der Waals surface area (Å²) >= 11 is 0. The van der Waals surface area contributed by atoms with Crippen molar-refractivity contribution in [2.75, 3.05) is 7.11 Å². The zero-order chi connectivity index (χ0) is 16.7. The Morgan fingerprint density at radius 1 is 1.42 bits per heavy atom. The molecular formula is C19H25N3O2. The van der Waals surface area contributed by atoms with Gasteiger partial charge in [-0.2, -0.15) is 0 Å². The van der Waals surface area contributed by atoms with Gasteiger partial charge in [0.25, 0.3) is 0 Å². The van der Waals surface area contributed by atoms with E-state index in [1.54, 1.807) is 7.11 Å². The van der Waals surface area contributed by atoms with E-state index >= 15 is 0 Å². The molecule has 1 aromatic heterocycles. The number of imidazole rings is 1. The van der Waals surface area contributed by atoms with Crippen molar-refractivity contribution in [2.24, 2.45) is 13.0 Å². The highest BCUT2D eigenvalue weighted by atomic mass is 16.5. The normalized spacial score (nSPS) is 20.5. The highest BCUT2D eigenvalue weighted by molar-refractivity contribution is 5.48. The molecule has 0 spiro atoms. The molecular weight excluding hydrogens is 302 g/mol. The Bertz CT molecular complexity index is 736. The number of methoxy groups -OCH3 is 1. The predicted octanol–water partition coefficient (Wildman–Crippen LogP) is 2.99. The summed E-state index contributed by atoms with van der Waals surface area (Å²) in [6, 6.07) is 4.55. The number of aromatic nitrogens is 2. The van der Waals surface area contributed by atoms with Gasteiger partial charge >= 0.3 is 0 Å². The summed E-state index contributed by atoms with van der Waals surface area (Å²) in [5, 5.41) is 3.70. The number of rotatable bonds is 6. The van der Waals surface area contributed by atoms with Crippen molar-refractivity contribution in [1.29, 1.82) is 0 Å². The maximum atomic E-state index is 5.91. The largest absolute Gasteiger partial charge is 0.496 e. The van der Waals surface area contributed by atoms with Crippen LogP contribution in [0, 0.1) is 5.92 Å². The molecule has 128 valence electrons. The van der Waals surface area contributed by atoms with E-state index in [0.717, 1.165) is 35.9 Å². The molecule has 0 saturated heterocycles. The topological polar surface area (TPSA) is 48.3 Å². The number of fused-ring (bicyclic) bond motifs is 1. The lowest BCUT2D eigenvalue weighted by atomic mass is 10.1. The van der Waals surface area contributed by atoms with E-state index in [2.05, 4.69) is 41.0 Å². The number of aryl methyl sites for hydroxylation is 1. The third-order valence-corrected chi connectivity index (χ3v) is 5.04. The van der Waals surface area contributed by atoms with Crippen LogP contribution in [0.2, 0.25) is 0 Å². The van der Waals surface area contributed by atoms with Crippen molar-refractivity contribution in [1.82, 2.24) is 14.9 Å². The first-order chi connectivity index (χ1) is 11.7. The van der Waals surface area contributed by atoms with E-state index in [0.29, 0.717) is 12.0 Å². The van der Waals surface area contributed by atoms with E-state index in [1.165, 1.54) is 18.4 Å². The lowest BCUT2D eigenvalue weighted by molar-refractivity contribution is 0.254. The molecule has 1 aromatic carbocycles. The lowest BCUT2D eigenvalue weighted by Gasteiger charge is -2.19. The summed E-state index contributed by atoms with van der Waals surface area (Å²) in [4.78, 5) is 4.54. The van der Waals surface area contributed by atoms with Crippen LogP contribution in [0.5, 0.6) is 11.5 Å². The Morgan fingerprint density at radius 2 is 2.25 bits per heavy atom. The Hall–Kier alpha value is -2.01. The van der Waals surface area contributed by atoms with Crippen LogP contribution in [0.4, 0.5) is 0 Å². The first-order valence-corrected chi connectivity index (χ1v) is 8.72. The van der Waals surface area contributed by atoms with Gasteiger partial charge in [0, 0.05) is 43.5 Å². The summed E-state index contributed by atoms with van der Waals surface area (Å²) in [5.74, 6) is 3.73. The van der Waals surface area contributed by atoms with Crippen LogP contribution in [0.15, 0.2) is 24.5 Å². The Labute approximate surface area is 143 Å². The van der Waals surface area contributed by atoms with E-state index in [-0.39, 0.29) is 6.10 Å². The molecule has 2 aromatic rings. The minimum atomic E-state index is 0.250. The Balaban J connectivity index is 1.54. The molecule has 0 amide bonds. The molecule has 24 heavy (non-hydrogen) atoms. The van der Waals surface area contributed by atoms with Gasteiger partial charge in [0.1, 0.15) is 23.4 Å². The molecule has 5 heteroatoms. The Morgan fingerprint density at radius 3 is 2.92 bits per heavy atom. The first-order valence-electron chi connectivity index (χ1n) is 8.72. The molecule has 1 N–H and O–H groups in total. The van der Waals surface area contributed by atoms with Gasteiger partial charge in [0.15, 0.2) is 0 Å². The van der Waals surface area contributed by atoms with Crippen molar-refractivity contribution in [3.63, 3.8) is 0 Å². The molecule has 2 heterocycles. The van der Waals surface area contributed by atoms with Gasteiger partial charge < -0.3 is 19.4 Å². The smallest absolute Gasteiger partial charge is 0.125 e. The van der Waals surface area contributed by atoms with E-state index < -0.39 is 0 Å². The molecule has 2 atom stereocenters. The van der Waals surface area contributed by atoms with Gasteiger partial charge in [-0.15, -0.1) is 0 Å². The SMILES string of the molecule is COc1cc2c(cc1CN[C@@H](c1nccn1C)C1CC1)O[C@@H](C)C2. The molecule has 1 aliphatic heterocycles. The third-order valence-electron chi connectivity index (χ3n) is 5.04. The van der Waals surface area contributed by atoms with Crippen molar-refractivity contribution < 1.29 is 9.47 Å². The zero-order valence-corrected chi connectivity index (χ0v) is 14.6. The van der Waals surface area contributed by atoms with Gasteiger partial charge in [0.2, 0.25) is 0 Å². The summed E-state index contributed by atoms with van der Waals surface area (Å²) in [5.41, 5.74) is 2.39. The molecule has 0 radical (unpaired) electrons. The second kappa shape index (κ2) is 6.13. The van der Waals surface area contributed by atoms with Crippen LogP contribution in [0.3, 0.4) is 0 Å². The summed E-state index contributed by atoms with van der Waals surface area (Å²) in [6.07, 6.45) is 7.63. The van der Waals surface area contributed by atoms with Crippen LogP contribution >= 0.6 is 0 Å². The fraction of sp³-hybridized carbons (Fsp3) is 0.526. The van der Waals surface area contributed by atoms with Crippen molar-refractivity contribution >= 4 is 0 Å². The zero-order valence-electron chi connectivity index (χ0n) is 14.6. The third kappa shape index (κ3) is 2.88. The molecule has 5 nitrogen and oxygen atoms in total. The standard InChI is InChI=1S/C19H25N3O2/c1-12-8-14-9-16(23-3)15(10-17(14)24-12)11-21-18(13-4-5-13)19-20-6-7-22(19)2/h6-7,9-10,12-13,18,21H,4-5,8,11H2,1-3H3/t12-,18+/m0/s1. The lowest BCUT2D eigenvalue weighted by Crippen LogP contribution is -2.25. The number of hydrogen-bond donors (Lipinski definition) is 1. The molecule has 0 unspecified atom stereocenters. The number of benzene rings is 1. The predicted molar refractivity (Wildman–Crippen MR) is 92.3 cm³/mol. The van der Waals surface area contributed by atoms with Crippen LogP contribution < -0.4 is 14.8 Å². The van der Waals surface area contributed by atoms with E-state index in [9.17, 15) is 0 Å². The van der Waals surface area contributed by atoms with Crippen LogP contribution in [0.1, 0.15) is 42.8 Å². The van der Waals surface area contributed by atoms with Crippen molar-refractivity contribution in [2.45, 2.75) is 44.9 Å². The van der Waals surface area contributed by atoms with Crippen molar-refractivity contribution in [3.8, 4) is 11.5 Å². The Kier molecular flexibility index (Phi) is 3.96. The van der Waals surface area contributed by atoms with Gasteiger partial charge in [0.05, 0.1) is 13.2 Å². The first kappa shape index (κ1) is 15.5. The number of nitrogens with one attached hydrogen (secondary N) is 1. The minimum Gasteiger partial charge on any atom is -0.496 e. The molecule has 1 fully saturated rings. The summed E-state index contributed by atoms with van der Waals surface area (Å²) < 4.78 is 13.6. The minimum absolute atomic E-state index is 0.250. The molecule has 1 aliphatic carbocycles. The fourth-order valence-electron chi connectivity index (χ4n) is 3.60. The summed E-state index contributed by atoms with van der Waals surface area (Å²) in [7, 11) is 3.80. The number of nitrogens with zero attached hydrogens (tertiary/aromatic N) is 2. The maximum absolute atomic E-state index is 5.91. The second-order valence-electron chi connectivity index (χ2n) is 7.00. The van der Waals surface area contributed by atoms with Gasteiger partial charge in [-0.1, -0.05) is 0 Å². The van der Waals surface area contributed by atoms with E-state index in [1.807, 2.05) is 12.4 Å². The quantitative estimate of drug-likeness (QED) is 0.886. The highest BCUT2D eigenvalue weighted by Gasteiger charge is 2.34. The van der Waals surface area contributed by atoms with E-state index in [4.69, 9.17) is 9.47 Å². The van der Waals surface area contributed by atoms with Crippen LogP contribution in [0.25, 0.3) is 0 Å². The van der Waals surface area contributed by atoms with Gasteiger partial charge in [-0.25, -0.2) is 4.98 Å². The van der Waals surface area contributed by atoms with Crippen molar-refractivity contribution in [3.05, 3.63) is 41.5 Å². The molecule has 1 saturated carbocycles. The second-order valence-corrected chi connectivity index (χ2v) is 7.00. The molecule has 2 aliphatic rings. The van der Waals surface area contributed by atoms with Crippen LogP contribution in [-0.4, -0.2) is 22.8 Å². The molecule has 0 bridgehead atoms.